The van der Waals surface area contributed by atoms with E-state index in [1.807, 2.05) is 10.3 Å². The second-order valence-electron chi connectivity index (χ2n) is 4.34. The number of likely N-dealkylation sites (tertiary alicyclic amines) is 1. The summed E-state index contributed by atoms with van der Waals surface area (Å²) in [5.74, 6) is 0.636. The van der Waals surface area contributed by atoms with Crippen LogP contribution in [0.25, 0.3) is 0 Å². The number of carbonyl (C=O) groups is 1. The molecule has 1 amide bonds. The van der Waals surface area contributed by atoms with Gasteiger partial charge < -0.3 is 4.90 Å². The molecule has 2 rings (SSSR count). The van der Waals surface area contributed by atoms with Crippen molar-refractivity contribution in [1.82, 2.24) is 9.88 Å². The maximum atomic E-state index is 12.1. The molecule has 94 valence electrons. The van der Waals surface area contributed by atoms with Crippen LogP contribution in [0, 0.1) is 0 Å². The summed E-state index contributed by atoms with van der Waals surface area (Å²) in [6.45, 7) is 1.82. The quantitative estimate of drug-likeness (QED) is 0.793. The van der Waals surface area contributed by atoms with Crippen molar-refractivity contribution < 1.29 is 4.79 Å². The number of amides is 1. The molecular weight excluding hydrogens is 256 g/mol. The number of nitrogens with zero attached hydrogens (tertiary/aromatic N) is 2. The van der Waals surface area contributed by atoms with Crippen LogP contribution in [0.15, 0.2) is 5.38 Å². The van der Waals surface area contributed by atoms with E-state index in [1.54, 1.807) is 0 Å². The van der Waals surface area contributed by atoms with Crippen LogP contribution in [0.3, 0.4) is 0 Å². The Morgan fingerprint density at radius 1 is 1.35 bits per heavy atom. The highest BCUT2D eigenvalue weighted by molar-refractivity contribution is 7.09. The third-order valence-electron chi connectivity index (χ3n) is 3.00. The van der Waals surface area contributed by atoms with Crippen LogP contribution in [0.1, 0.15) is 36.4 Å². The topological polar surface area (TPSA) is 33.2 Å². The molecular formula is C12H17ClN2OS. The summed E-state index contributed by atoms with van der Waals surface area (Å²) >= 11 is 7.22. The molecule has 0 radical (unpaired) electrons. The number of rotatable bonds is 3. The molecule has 0 spiro atoms. The van der Waals surface area contributed by atoms with Gasteiger partial charge in [0.2, 0.25) is 5.91 Å². The van der Waals surface area contributed by atoms with Gasteiger partial charge in [0, 0.05) is 18.5 Å². The van der Waals surface area contributed by atoms with E-state index >= 15 is 0 Å². The van der Waals surface area contributed by atoms with Crippen LogP contribution in [-0.4, -0.2) is 28.9 Å². The molecule has 0 N–H and O–H groups in total. The van der Waals surface area contributed by atoms with Crippen LogP contribution in [0.2, 0.25) is 0 Å². The van der Waals surface area contributed by atoms with Gasteiger partial charge in [0.1, 0.15) is 5.01 Å². The average molecular weight is 273 g/mol. The van der Waals surface area contributed by atoms with Crippen molar-refractivity contribution in [2.45, 2.75) is 38.0 Å². The van der Waals surface area contributed by atoms with Gasteiger partial charge in [-0.05, 0) is 12.8 Å². The molecule has 0 saturated carbocycles. The largest absolute Gasteiger partial charge is 0.342 e. The minimum Gasteiger partial charge on any atom is -0.342 e. The molecule has 0 atom stereocenters. The van der Waals surface area contributed by atoms with Gasteiger partial charge in [0.05, 0.1) is 18.0 Å². The third-order valence-corrected chi connectivity index (χ3v) is 4.17. The van der Waals surface area contributed by atoms with Crippen LogP contribution in [-0.2, 0) is 17.1 Å². The number of carbonyl (C=O) groups excluding carboxylic acids is 1. The van der Waals surface area contributed by atoms with Gasteiger partial charge in [-0.1, -0.05) is 12.8 Å². The zero-order chi connectivity index (χ0) is 12.1. The van der Waals surface area contributed by atoms with E-state index < -0.39 is 0 Å². The fraction of sp³-hybridized carbons (Fsp3) is 0.667. The fourth-order valence-corrected chi connectivity index (χ4v) is 3.07. The molecule has 1 fully saturated rings. The van der Waals surface area contributed by atoms with Gasteiger partial charge in [-0.15, -0.1) is 22.9 Å². The van der Waals surface area contributed by atoms with Gasteiger partial charge in [-0.3, -0.25) is 4.79 Å². The monoisotopic (exact) mass is 272 g/mol. The van der Waals surface area contributed by atoms with Gasteiger partial charge in [-0.25, -0.2) is 4.98 Å². The summed E-state index contributed by atoms with van der Waals surface area (Å²) in [5, 5.41) is 2.81. The van der Waals surface area contributed by atoms with Gasteiger partial charge in [0.15, 0.2) is 0 Å². The van der Waals surface area contributed by atoms with Crippen molar-refractivity contribution in [2.75, 3.05) is 13.1 Å². The summed E-state index contributed by atoms with van der Waals surface area (Å²) in [5.41, 5.74) is 0.871. The smallest absolute Gasteiger partial charge is 0.229 e. The number of alkyl halides is 1. The highest BCUT2D eigenvalue weighted by Crippen LogP contribution is 2.15. The number of thiazole rings is 1. The maximum Gasteiger partial charge on any atom is 0.229 e. The summed E-state index contributed by atoms with van der Waals surface area (Å²) in [6, 6.07) is 0. The first-order valence-corrected chi connectivity index (χ1v) is 7.48. The Morgan fingerprint density at radius 3 is 2.65 bits per heavy atom. The van der Waals surface area contributed by atoms with Crippen molar-refractivity contribution in [3.8, 4) is 0 Å². The molecule has 1 aromatic rings. The number of aromatic nitrogens is 1. The van der Waals surface area contributed by atoms with Crippen molar-refractivity contribution in [3.05, 3.63) is 16.1 Å². The highest BCUT2D eigenvalue weighted by Gasteiger charge is 2.17. The van der Waals surface area contributed by atoms with Crippen molar-refractivity contribution >= 4 is 28.8 Å². The van der Waals surface area contributed by atoms with E-state index in [-0.39, 0.29) is 5.91 Å². The van der Waals surface area contributed by atoms with E-state index in [4.69, 9.17) is 11.6 Å². The Labute approximate surface area is 111 Å². The first-order valence-electron chi connectivity index (χ1n) is 6.06. The summed E-state index contributed by atoms with van der Waals surface area (Å²) < 4.78 is 0. The summed E-state index contributed by atoms with van der Waals surface area (Å²) in [7, 11) is 0. The van der Waals surface area contributed by atoms with Gasteiger partial charge in [-0.2, -0.15) is 0 Å². The lowest BCUT2D eigenvalue weighted by molar-refractivity contribution is -0.130. The lowest BCUT2D eigenvalue weighted by Gasteiger charge is -2.19. The van der Waals surface area contributed by atoms with E-state index in [0.717, 1.165) is 36.6 Å². The van der Waals surface area contributed by atoms with Crippen molar-refractivity contribution in [2.24, 2.45) is 0 Å². The maximum absolute atomic E-state index is 12.1. The van der Waals surface area contributed by atoms with Gasteiger partial charge >= 0.3 is 0 Å². The van der Waals surface area contributed by atoms with Crippen LogP contribution in [0.4, 0.5) is 0 Å². The Kier molecular flexibility index (Phi) is 4.80. The molecule has 0 aliphatic carbocycles. The lowest BCUT2D eigenvalue weighted by Crippen LogP contribution is -2.33. The number of hydrogen-bond donors (Lipinski definition) is 0. The van der Waals surface area contributed by atoms with Crippen LogP contribution >= 0.6 is 22.9 Å². The third kappa shape index (κ3) is 3.68. The average Bonchev–Trinajstić information content (AvgIpc) is 2.62. The molecule has 1 aromatic heterocycles. The molecule has 1 saturated heterocycles. The second-order valence-corrected chi connectivity index (χ2v) is 5.55. The van der Waals surface area contributed by atoms with E-state index in [9.17, 15) is 4.79 Å². The SMILES string of the molecule is O=C(Cc1nc(CCl)cs1)N1CCCCCC1. The second kappa shape index (κ2) is 6.36. The highest BCUT2D eigenvalue weighted by atomic mass is 35.5. The minimum absolute atomic E-state index is 0.211. The van der Waals surface area contributed by atoms with E-state index in [0.29, 0.717) is 12.3 Å². The Balaban J connectivity index is 1.90. The van der Waals surface area contributed by atoms with E-state index in [2.05, 4.69) is 4.98 Å². The number of hydrogen-bond acceptors (Lipinski definition) is 3. The molecule has 17 heavy (non-hydrogen) atoms. The first kappa shape index (κ1) is 12.8. The lowest BCUT2D eigenvalue weighted by atomic mass is 10.2. The Morgan fingerprint density at radius 2 is 2.06 bits per heavy atom. The van der Waals surface area contributed by atoms with E-state index in [1.165, 1.54) is 24.2 Å². The standard InChI is InChI=1S/C12H17ClN2OS/c13-8-10-9-17-11(14-10)7-12(16)15-5-3-1-2-4-6-15/h9H,1-8H2. The summed E-state index contributed by atoms with van der Waals surface area (Å²) in [6.07, 6.45) is 5.20. The molecule has 0 unspecified atom stereocenters. The first-order chi connectivity index (χ1) is 8.29. The van der Waals surface area contributed by atoms with Crippen molar-refractivity contribution in [1.29, 1.82) is 0 Å². The van der Waals surface area contributed by atoms with Gasteiger partial charge in [0.25, 0.3) is 0 Å². The molecule has 1 aliphatic heterocycles. The Bertz CT molecular complexity index is 372. The molecule has 3 nitrogen and oxygen atoms in total. The van der Waals surface area contributed by atoms with Crippen LogP contribution < -0.4 is 0 Å². The van der Waals surface area contributed by atoms with Crippen molar-refractivity contribution in [3.63, 3.8) is 0 Å². The molecule has 2 heterocycles. The molecule has 5 heteroatoms. The van der Waals surface area contributed by atoms with Crippen LogP contribution in [0.5, 0.6) is 0 Å². The normalized spacial score (nSPS) is 16.9. The predicted octanol–water partition coefficient (Wildman–Crippen LogP) is 2.83. The fourth-order valence-electron chi connectivity index (χ4n) is 2.05. The zero-order valence-corrected chi connectivity index (χ0v) is 11.4. The summed E-state index contributed by atoms with van der Waals surface area (Å²) in [4.78, 5) is 18.4. The number of halogens is 1. The zero-order valence-electron chi connectivity index (χ0n) is 9.82. The minimum atomic E-state index is 0.211. The molecule has 0 bridgehead atoms. The Hall–Kier alpha value is -0.610. The molecule has 0 aromatic carbocycles. The molecule has 1 aliphatic rings. The predicted molar refractivity (Wildman–Crippen MR) is 70.4 cm³/mol.